The maximum Gasteiger partial charge on any atom is 0.326 e. The summed E-state index contributed by atoms with van der Waals surface area (Å²) in [5.74, 6) is -6.50. The molecule has 8 atom stereocenters. The van der Waals surface area contributed by atoms with Crippen LogP contribution >= 0.6 is 0 Å². The maximum absolute atomic E-state index is 13.4. The number of amides is 1. The highest BCUT2D eigenvalue weighted by molar-refractivity contribution is 6.39. The molecule has 0 aromatic heterocycles. The van der Waals surface area contributed by atoms with Gasteiger partial charge in [-0.3, -0.25) is 19.2 Å². The molecule has 2 N–H and O–H groups in total. The van der Waals surface area contributed by atoms with Crippen molar-refractivity contribution in [3.8, 4) is 0 Å². The summed E-state index contributed by atoms with van der Waals surface area (Å²) >= 11 is 0. The molecule has 2 heterocycles. The highest BCUT2D eigenvalue weighted by atomic mass is 16.6. The van der Waals surface area contributed by atoms with Gasteiger partial charge in [-0.25, -0.2) is 4.79 Å². The van der Waals surface area contributed by atoms with Crippen LogP contribution in [0.15, 0.2) is 47.6 Å². The number of Topliss-reactive ketones (excluding diaryl/α,β-unsaturated/α-hetero) is 3. The molecule has 1 amide bonds. The maximum atomic E-state index is 13.4. The van der Waals surface area contributed by atoms with E-state index in [1.165, 1.54) is 7.11 Å². The zero-order valence-corrected chi connectivity index (χ0v) is 33.7. The van der Waals surface area contributed by atoms with Crippen molar-refractivity contribution < 1.29 is 53.1 Å². The van der Waals surface area contributed by atoms with E-state index >= 15 is 0 Å². The van der Waals surface area contributed by atoms with Crippen molar-refractivity contribution in [1.29, 1.82) is 0 Å². The van der Waals surface area contributed by atoms with E-state index in [2.05, 4.69) is 0 Å². The highest BCUT2D eigenvalue weighted by Gasteiger charge is 2.52. The van der Waals surface area contributed by atoms with E-state index in [0.717, 1.165) is 28.9 Å². The van der Waals surface area contributed by atoms with Gasteiger partial charge in [-0.1, -0.05) is 63.6 Å². The second-order valence-corrected chi connectivity index (χ2v) is 14.8. The smallest absolute Gasteiger partial charge is 0.326 e. The zero-order valence-electron chi connectivity index (χ0n) is 33.7. The largest absolute Gasteiger partial charge is 0.480 e. The minimum Gasteiger partial charge on any atom is -0.480 e. The summed E-state index contributed by atoms with van der Waals surface area (Å²) in [6.45, 7) is 9.48. The number of hydrogen-bond donors (Lipinski definition) is 2. The molecule has 0 bridgehead atoms. The summed E-state index contributed by atoms with van der Waals surface area (Å²) in [4.78, 5) is 64.8. The van der Waals surface area contributed by atoms with Crippen LogP contribution in [0.5, 0.6) is 0 Å². The number of allylic oxidation sites excluding steroid dienone is 6. The molecule has 12 nitrogen and oxygen atoms in total. The third-order valence-electron chi connectivity index (χ3n) is 10.7. The van der Waals surface area contributed by atoms with Gasteiger partial charge in [-0.05, 0) is 76.4 Å². The number of hydrogen-bond acceptors (Lipinski definition) is 10. The molecule has 0 spiro atoms. The zero-order chi connectivity index (χ0) is 40.4. The van der Waals surface area contributed by atoms with Gasteiger partial charge in [0, 0.05) is 59.0 Å². The van der Waals surface area contributed by atoms with E-state index in [4.69, 9.17) is 18.9 Å². The molecule has 2 rings (SSSR count). The Hall–Kier alpha value is -3.29. The number of piperidine rings is 1. The molecule has 54 heavy (non-hydrogen) atoms. The first-order valence-electron chi connectivity index (χ1n) is 19.4. The van der Waals surface area contributed by atoms with Crippen LogP contribution in [0.3, 0.4) is 0 Å². The minimum atomic E-state index is -2.36. The van der Waals surface area contributed by atoms with Crippen LogP contribution in [0.1, 0.15) is 112 Å². The van der Waals surface area contributed by atoms with Crippen LogP contribution in [0.2, 0.25) is 0 Å². The van der Waals surface area contributed by atoms with Crippen molar-refractivity contribution in [3.63, 3.8) is 0 Å². The lowest BCUT2D eigenvalue weighted by Crippen LogP contribution is -2.60. The molecule has 2 aliphatic rings. The number of likely N-dealkylation sites (tertiary alicyclic amines) is 1. The summed E-state index contributed by atoms with van der Waals surface area (Å²) in [5, 5.41) is 21.0. The van der Waals surface area contributed by atoms with Crippen molar-refractivity contribution in [2.24, 2.45) is 11.8 Å². The van der Waals surface area contributed by atoms with Gasteiger partial charge < -0.3 is 34.1 Å². The van der Waals surface area contributed by atoms with Crippen LogP contribution < -0.4 is 0 Å². The number of ether oxygens (including phenoxy) is 4. The number of nitrogens with zero attached hydrogens (tertiary/aromatic N) is 1. The first kappa shape index (κ1) is 46.9. The molecule has 0 unspecified atom stereocenters. The van der Waals surface area contributed by atoms with E-state index in [1.807, 2.05) is 64.2 Å². The van der Waals surface area contributed by atoms with E-state index in [0.29, 0.717) is 57.8 Å². The Morgan fingerprint density at radius 3 is 2.28 bits per heavy atom. The van der Waals surface area contributed by atoms with E-state index in [9.17, 15) is 34.2 Å². The standard InChI is InChI=1S/C42H65NO11/c1-9-10-20-32(44)24-22-30(4)37(52-7)38(53-8)36(45)29(3)19-15-13-11-12-14-18-28(2)35(51-6)27-33-25-23-31(5)42(50,54-33)39(46)40(47)43-26-17-16-21-34(43)41(48)49/h11-14,18,22,29,31,33-35,37-38,50H,9-10,15-17,19-21,23-27H2,1-8H3,(H,48,49)/b13-11+,14-12+,28-18+,30-22+/t29-,31-,33-,34+,35+,37-,38+,42-/m1/s1. The summed E-state index contributed by atoms with van der Waals surface area (Å²) in [6.07, 6.45) is 15.9. The van der Waals surface area contributed by atoms with E-state index in [1.54, 1.807) is 21.1 Å². The Morgan fingerprint density at radius 2 is 1.65 bits per heavy atom. The van der Waals surface area contributed by atoms with Gasteiger partial charge in [-0.15, -0.1) is 0 Å². The number of carbonyl (C=O) groups is 5. The lowest BCUT2D eigenvalue weighted by Gasteiger charge is -2.42. The van der Waals surface area contributed by atoms with Crippen LogP contribution in [0, 0.1) is 11.8 Å². The molecule has 0 aromatic rings. The Balaban J connectivity index is 1.94. The lowest BCUT2D eigenvalue weighted by atomic mass is 9.85. The predicted molar refractivity (Wildman–Crippen MR) is 206 cm³/mol. The van der Waals surface area contributed by atoms with Gasteiger partial charge in [0.05, 0.1) is 12.2 Å². The number of carbonyl (C=O) groups excluding carboxylic acids is 4. The van der Waals surface area contributed by atoms with Gasteiger partial charge in [0.15, 0.2) is 5.78 Å². The van der Waals surface area contributed by atoms with Gasteiger partial charge >= 0.3 is 5.97 Å². The quantitative estimate of drug-likeness (QED) is 0.0703. The number of carboxylic acids is 1. The summed E-state index contributed by atoms with van der Waals surface area (Å²) < 4.78 is 22.9. The Morgan fingerprint density at radius 1 is 0.944 bits per heavy atom. The molecule has 304 valence electrons. The fourth-order valence-corrected chi connectivity index (χ4v) is 7.05. The molecule has 2 saturated heterocycles. The van der Waals surface area contributed by atoms with Crippen molar-refractivity contribution in [3.05, 3.63) is 47.6 Å². The molecule has 12 heteroatoms. The summed E-state index contributed by atoms with van der Waals surface area (Å²) in [5.41, 5.74) is 1.69. The van der Waals surface area contributed by atoms with Gasteiger partial charge in [0.1, 0.15) is 24.0 Å². The second kappa shape index (κ2) is 23.6. The average molecular weight is 760 g/mol. The third-order valence-corrected chi connectivity index (χ3v) is 10.7. The van der Waals surface area contributed by atoms with Crippen LogP contribution in [-0.4, -0.2) is 108 Å². The Kier molecular flexibility index (Phi) is 20.5. The number of aliphatic hydroxyl groups is 1. The molecule has 0 aromatic carbocycles. The fourth-order valence-electron chi connectivity index (χ4n) is 7.05. The van der Waals surface area contributed by atoms with Gasteiger partial charge in [0.25, 0.3) is 11.7 Å². The number of rotatable bonds is 23. The molecule has 0 saturated carbocycles. The second-order valence-electron chi connectivity index (χ2n) is 14.8. The molecule has 0 aliphatic carbocycles. The minimum absolute atomic E-state index is 0.0536. The molecular weight excluding hydrogens is 694 g/mol. The van der Waals surface area contributed by atoms with Crippen molar-refractivity contribution >= 4 is 29.2 Å². The molecular formula is C42H65NO11. The number of aliphatic carboxylic acids is 1. The first-order chi connectivity index (χ1) is 25.7. The Labute approximate surface area is 322 Å². The average Bonchev–Trinajstić information content (AvgIpc) is 3.16. The number of carboxylic acid groups (broad SMARTS) is 1. The summed E-state index contributed by atoms with van der Waals surface area (Å²) in [6, 6.07) is -1.10. The van der Waals surface area contributed by atoms with Crippen molar-refractivity contribution in [2.75, 3.05) is 27.9 Å². The predicted octanol–water partition coefficient (Wildman–Crippen LogP) is 6.10. The normalized spacial score (nSPS) is 25.1. The molecule has 0 radical (unpaired) electrons. The van der Waals surface area contributed by atoms with Crippen molar-refractivity contribution in [2.45, 2.75) is 148 Å². The highest BCUT2D eigenvalue weighted by Crippen LogP contribution is 2.36. The third kappa shape index (κ3) is 13.5. The first-order valence-corrected chi connectivity index (χ1v) is 19.4. The Bertz CT molecular complexity index is 1380. The summed E-state index contributed by atoms with van der Waals surface area (Å²) in [7, 11) is 4.61. The monoisotopic (exact) mass is 759 g/mol. The van der Waals surface area contributed by atoms with Crippen LogP contribution in [-0.2, 0) is 42.9 Å². The number of methoxy groups -OCH3 is 3. The van der Waals surface area contributed by atoms with Crippen molar-refractivity contribution in [1.82, 2.24) is 4.90 Å². The lowest BCUT2D eigenvalue weighted by molar-refractivity contribution is -0.265. The number of unbranched alkanes of at least 4 members (excludes halogenated alkanes) is 1. The van der Waals surface area contributed by atoms with Crippen LogP contribution in [0.25, 0.3) is 0 Å². The van der Waals surface area contributed by atoms with Gasteiger partial charge in [0.2, 0.25) is 5.79 Å². The van der Waals surface area contributed by atoms with E-state index < -0.39 is 53.7 Å². The number of ketones is 3. The molecule has 2 aliphatic heterocycles. The van der Waals surface area contributed by atoms with E-state index in [-0.39, 0.29) is 36.6 Å². The SMILES string of the molecule is CCCCC(=O)C/C=C(\C)[C@@H](OC)[C@@H](OC)C(=O)[C@H](C)CC/C=C/C=C/C=C(\C)[C@H](C[C@H]1CC[C@@H](C)[C@](O)(C(=O)C(=O)N2CCCC[C@H]2C(=O)O)O1)OC. The molecule has 2 fully saturated rings. The topological polar surface area (TPSA) is 166 Å². The van der Waals surface area contributed by atoms with Crippen LogP contribution in [0.4, 0.5) is 0 Å². The van der Waals surface area contributed by atoms with Gasteiger partial charge in [-0.2, -0.15) is 0 Å². The fraction of sp³-hybridized carbons (Fsp3) is 0.690.